The number of piperidine rings is 1. The Morgan fingerprint density at radius 2 is 1.64 bits per heavy atom. The molecule has 1 saturated carbocycles. The minimum Gasteiger partial charge on any atom is -0.351 e. The summed E-state index contributed by atoms with van der Waals surface area (Å²) in [5, 5.41) is 8.77. The number of carbonyl (C=O) groups excluding carboxylic acids is 2. The molecule has 2 fully saturated rings. The number of benzene rings is 1. The van der Waals surface area contributed by atoms with E-state index in [0.717, 1.165) is 38.0 Å². The van der Waals surface area contributed by atoms with Gasteiger partial charge in [0.2, 0.25) is 5.91 Å². The van der Waals surface area contributed by atoms with Gasteiger partial charge in [-0.1, -0.05) is 0 Å². The topological polar surface area (TPSA) is 96.2 Å². The lowest BCUT2D eigenvalue weighted by molar-refractivity contribution is -0.118. The molecule has 2 aliphatic rings. The monoisotopic (exact) mass is 324 g/mol. The molecule has 1 saturated heterocycles. The summed E-state index contributed by atoms with van der Waals surface area (Å²) >= 11 is 0. The van der Waals surface area contributed by atoms with Gasteiger partial charge < -0.3 is 21.7 Å². The number of hydrogen-bond donors (Lipinski definition) is 4. The smallest absolute Gasteiger partial charge is 0.316 e. The molecule has 1 unspecified atom stereocenters. The first kappa shape index (κ1) is 16.6. The van der Waals surface area contributed by atoms with Crippen LogP contribution in [0.1, 0.15) is 19.3 Å². The van der Waals surface area contributed by atoms with Gasteiger partial charge in [0.15, 0.2) is 0 Å². The van der Waals surface area contributed by atoms with Crippen LogP contribution in [0.15, 0.2) is 24.3 Å². The van der Waals surface area contributed by atoms with Gasteiger partial charge >= 0.3 is 6.03 Å². The van der Waals surface area contributed by atoms with Crippen LogP contribution in [-0.4, -0.2) is 25.0 Å². The molecule has 0 aromatic heterocycles. The first-order valence-electron chi connectivity index (χ1n) is 7.27. The number of halogens is 1. The van der Waals surface area contributed by atoms with Gasteiger partial charge in [0, 0.05) is 17.3 Å². The summed E-state index contributed by atoms with van der Waals surface area (Å²) in [4.78, 5) is 23.0. The van der Waals surface area contributed by atoms with E-state index in [9.17, 15) is 9.59 Å². The van der Waals surface area contributed by atoms with Gasteiger partial charge in [-0.2, -0.15) is 0 Å². The van der Waals surface area contributed by atoms with Crippen molar-refractivity contribution in [2.45, 2.75) is 19.3 Å². The minimum absolute atomic E-state index is 0. The van der Waals surface area contributed by atoms with Crippen LogP contribution in [0, 0.1) is 11.3 Å². The van der Waals surface area contributed by atoms with Gasteiger partial charge in [0.1, 0.15) is 0 Å². The van der Waals surface area contributed by atoms with Crippen molar-refractivity contribution < 1.29 is 9.59 Å². The van der Waals surface area contributed by atoms with Crippen molar-refractivity contribution in [1.29, 1.82) is 0 Å². The summed E-state index contributed by atoms with van der Waals surface area (Å²) in [7, 11) is 0. The minimum atomic E-state index is -0.599. The summed E-state index contributed by atoms with van der Waals surface area (Å²) in [6, 6.07) is 6.36. The quantitative estimate of drug-likeness (QED) is 0.684. The second-order valence-electron chi connectivity index (χ2n) is 5.92. The molecule has 5 N–H and O–H groups in total. The van der Waals surface area contributed by atoms with E-state index < -0.39 is 6.03 Å². The SMILES string of the molecule is Cl.NC(=O)Nc1ccc(NC(=O)C2CC23CCNCC3)cc1. The van der Waals surface area contributed by atoms with Crippen molar-refractivity contribution in [3.05, 3.63) is 24.3 Å². The molecular weight excluding hydrogens is 304 g/mol. The van der Waals surface area contributed by atoms with Gasteiger partial charge in [-0.15, -0.1) is 12.4 Å². The molecule has 1 aliphatic heterocycles. The average Bonchev–Trinajstić information content (AvgIpc) is 3.15. The summed E-state index contributed by atoms with van der Waals surface area (Å²) in [5.41, 5.74) is 6.64. The maximum atomic E-state index is 12.3. The first-order chi connectivity index (χ1) is 10.1. The molecule has 6 nitrogen and oxygen atoms in total. The molecule has 1 aliphatic carbocycles. The number of carbonyl (C=O) groups is 2. The van der Waals surface area contributed by atoms with Crippen LogP contribution in [0.25, 0.3) is 0 Å². The molecule has 3 rings (SSSR count). The van der Waals surface area contributed by atoms with Gasteiger partial charge in [0.25, 0.3) is 0 Å². The molecule has 0 radical (unpaired) electrons. The van der Waals surface area contributed by atoms with E-state index in [1.807, 2.05) is 0 Å². The molecule has 1 heterocycles. The summed E-state index contributed by atoms with van der Waals surface area (Å²) in [6.45, 7) is 2.02. The third kappa shape index (κ3) is 3.51. The third-order valence-corrected chi connectivity index (χ3v) is 4.53. The Balaban J connectivity index is 0.00000176. The van der Waals surface area contributed by atoms with Crippen molar-refractivity contribution >= 4 is 35.7 Å². The van der Waals surface area contributed by atoms with Gasteiger partial charge in [0.05, 0.1) is 0 Å². The zero-order chi connectivity index (χ0) is 14.9. The molecule has 1 aromatic carbocycles. The molecule has 7 heteroatoms. The van der Waals surface area contributed by atoms with E-state index in [4.69, 9.17) is 5.73 Å². The number of amides is 3. The van der Waals surface area contributed by atoms with E-state index in [1.54, 1.807) is 24.3 Å². The molecule has 3 amide bonds. The Morgan fingerprint density at radius 3 is 2.18 bits per heavy atom. The number of rotatable bonds is 3. The van der Waals surface area contributed by atoms with Gasteiger partial charge in [-0.3, -0.25) is 4.79 Å². The highest BCUT2D eigenvalue weighted by Gasteiger charge is 2.57. The Labute approximate surface area is 135 Å². The maximum absolute atomic E-state index is 12.3. The molecule has 120 valence electrons. The fraction of sp³-hybridized carbons (Fsp3) is 0.467. The van der Waals surface area contributed by atoms with Crippen molar-refractivity contribution in [1.82, 2.24) is 5.32 Å². The second kappa shape index (κ2) is 6.54. The van der Waals surface area contributed by atoms with Crippen molar-refractivity contribution in [3.8, 4) is 0 Å². The Bertz CT molecular complexity index is 555. The lowest BCUT2D eigenvalue weighted by atomic mass is 9.92. The number of anilines is 2. The number of primary amides is 1. The van der Waals surface area contributed by atoms with Gasteiger partial charge in [-0.25, -0.2) is 4.79 Å². The van der Waals surface area contributed by atoms with Crippen LogP contribution < -0.4 is 21.7 Å². The van der Waals surface area contributed by atoms with Crippen molar-refractivity contribution in [2.24, 2.45) is 17.1 Å². The van der Waals surface area contributed by atoms with Crippen molar-refractivity contribution in [2.75, 3.05) is 23.7 Å². The van der Waals surface area contributed by atoms with Crippen LogP contribution in [0.4, 0.5) is 16.2 Å². The summed E-state index contributed by atoms with van der Waals surface area (Å²) in [5.74, 6) is 0.246. The predicted molar refractivity (Wildman–Crippen MR) is 88.2 cm³/mol. The number of hydrogen-bond acceptors (Lipinski definition) is 3. The number of nitrogens with two attached hydrogens (primary N) is 1. The fourth-order valence-electron chi connectivity index (χ4n) is 3.20. The highest BCUT2D eigenvalue weighted by atomic mass is 35.5. The second-order valence-corrected chi connectivity index (χ2v) is 5.92. The molecule has 1 aromatic rings. The Morgan fingerprint density at radius 1 is 1.09 bits per heavy atom. The van der Waals surface area contributed by atoms with Crippen LogP contribution in [0.3, 0.4) is 0 Å². The normalized spacial score (nSPS) is 21.5. The fourth-order valence-corrected chi connectivity index (χ4v) is 3.20. The maximum Gasteiger partial charge on any atom is 0.316 e. The molecule has 1 atom stereocenters. The lowest BCUT2D eigenvalue weighted by Gasteiger charge is -2.23. The average molecular weight is 325 g/mol. The van der Waals surface area contributed by atoms with Crippen molar-refractivity contribution in [3.63, 3.8) is 0 Å². The lowest BCUT2D eigenvalue weighted by Crippen LogP contribution is -2.31. The number of urea groups is 1. The first-order valence-corrected chi connectivity index (χ1v) is 7.27. The predicted octanol–water partition coefficient (Wildman–Crippen LogP) is 1.93. The van der Waals surface area contributed by atoms with Crippen LogP contribution in [0.2, 0.25) is 0 Å². The van der Waals surface area contributed by atoms with E-state index in [1.165, 1.54) is 0 Å². The van der Waals surface area contributed by atoms with Crippen LogP contribution >= 0.6 is 12.4 Å². The Hall–Kier alpha value is -1.79. The van der Waals surface area contributed by atoms with Crippen LogP contribution in [-0.2, 0) is 4.79 Å². The number of nitrogens with one attached hydrogen (secondary N) is 3. The standard InChI is InChI=1S/C15H20N4O2.ClH/c16-14(21)19-11-3-1-10(2-4-11)18-13(20)12-9-15(12)5-7-17-8-6-15;/h1-4,12,17H,5-9H2,(H,18,20)(H3,16,19,21);1H. The molecule has 22 heavy (non-hydrogen) atoms. The van der Waals surface area contributed by atoms with E-state index in [2.05, 4.69) is 16.0 Å². The highest BCUT2D eigenvalue weighted by Crippen LogP contribution is 2.58. The summed E-state index contributed by atoms with van der Waals surface area (Å²) < 4.78 is 0. The Kier molecular flexibility index (Phi) is 4.93. The third-order valence-electron chi connectivity index (χ3n) is 4.53. The zero-order valence-electron chi connectivity index (χ0n) is 12.2. The summed E-state index contributed by atoms with van der Waals surface area (Å²) in [6.07, 6.45) is 3.18. The van der Waals surface area contributed by atoms with E-state index in [-0.39, 0.29) is 29.6 Å². The largest absolute Gasteiger partial charge is 0.351 e. The van der Waals surface area contributed by atoms with E-state index >= 15 is 0 Å². The van der Waals surface area contributed by atoms with Gasteiger partial charge in [-0.05, 0) is 62.0 Å². The zero-order valence-corrected chi connectivity index (χ0v) is 13.0. The molecular formula is C15H21ClN4O2. The molecule has 0 bridgehead atoms. The highest BCUT2D eigenvalue weighted by molar-refractivity contribution is 5.95. The van der Waals surface area contributed by atoms with Crippen LogP contribution in [0.5, 0.6) is 0 Å². The van der Waals surface area contributed by atoms with E-state index in [0.29, 0.717) is 5.69 Å². The molecule has 1 spiro atoms.